The summed E-state index contributed by atoms with van der Waals surface area (Å²) in [6, 6.07) is 27.7. The van der Waals surface area contributed by atoms with Gasteiger partial charge in [-0.15, -0.1) is 0 Å². The molecule has 0 saturated carbocycles. The van der Waals surface area contributed by atoms with Gasteiger partial charge in [0.1, 0.15) is 29.6 Å². The van der Waals surface area contributed by atoms with Crippen molar-refractivity contribution in [3.8, 4) is 23.0 Å². The van der Waals surface area contributed by atoms with Crippen LogP contribution in [0.25, 0.3) is 0 Å². The first-order chi connectivity index (χ1) is 34.3. The summed E-state index contributed by atoms with van der Waals surface area (Å²) >= 11 is 0. The first-order valence-corrected chi connectivity index (χ1v) is 26.0. The third kappa shape index (κ3) is 14.7. The van der Waals surface area contributed by atoms with Gasteiger partial charge in [0.25, 0.3) is 0 Å². The molecule has 0 amide bonds. The van der Waals surface area contributed by atoms with Crippen molar-refractivity contribution in [1.82, 2.24) is 0 Å². The Balaban J connectivity index is 1.81. The predicted molar refractivity (Wildman–Crippen MR) is 289 cm³/mol. The number of carbonyl (C=O) groups excluding carboxylic acids is 3. The molecule has 8 bridgehead atoms. The maximum Gasteiger partial charge on any atom is 0.344 e. The molecule has 0 saturated heterocycles. The minimum atomic E-state index is -0.492. The van der Waals surface area contributed by atoms with Crippen molar-refractivity contribution in [3.63, 3.8) is 0 Å². The summed E-state index contributed by atoms with van der Waals surface area (Å²) in [6.07, 6.45) is 1.40. The smallest absolute Gasteiger partial charge is 0.344 e. The van der Waals surface area contributed by atoms with E-state index in [1.54, 1.807) is 20.8 Å². The lowest BCUT2D eigenvalue weighted by Gasteiger charge is -2.29. The third-order valence-electron chi connectivity index (χ3n) is 13.1. The summed E-state index contributed by atoms with van der Waals surface area (Å²) in [5.74, 6) is 0.959. The minimum absolute atomic E-state index is 0.205. The molecule has 0 unspecified atom stereocenters. The number of rotatable bonds is 15. The molecule has 73 heavy (non-hydrogen) atoms. The molecular formula is C63H80O10. The van der Waals surface area contributed by atoms with Gasteiger partial charge in [-0.2, -0.15) is 0 Å². The van der Waals surface area contributed by atoms with Gasteiger partial charge in [0.15, 0.2) is 19.8 Å². The van der Waals surface area contributed by atoms with E-state index in [-0.39, 0.29) is 61.3 Å². The first kappa shape index (κ1) is 56.0. The second kappa shape index (κ2) is 23.3. The number of carbonyl (C=O) groups is 3. The number of benzene rings is 5. The molecule has 5 aromatic rings. The van der Waals surface area contributed by atoms with Gasteiger partial charge in [-0.3, -0.25) is 0 Å². The van der Waals surface area contributed by atoms with Gasteiger partial charge in [0.2, 0.25) is 0 Å². The van der Waals surface area contributed by atoms with Crippen LogP contribution in [0.3, 0.4) is 0 Å². The fraction of sp³-hybridized carbons (Fsp3) is 0.476. The van der Waals surface area contributed by atoms with E-state index >= 15 is 0 Å². The Morgan fingerprint density at radius 2 is 0.603 bits per heavy atom. The average Bonchev–Trinajstić information content (AvgIpc) is 3.29. The van der Waals surface area contributed by atoms with Gasteiger partial charge < -0.3 is 33.2 Å². The molecule has 0 aliphatic heterocycles. The molecule has 6 rings (SSSR count). The second-order valence-electron chi connectivity index (χ2n) is 23.3. The SMILES string of the molecule is CCOC(=O)COc1c2cc(C(C)(C)C)cc1Cc1cc(C(C)(C)C)cc(c1OCC(=O)OCC)Cc1cc(C(C)(C)C)cc(c1OCc1ccccc1)Cc1cc(C(C)(C)C)cc(c1OCC(=O)OCC)C2. The largest absolute Gasteiger partial charge is 0.488 e. The van der Waals surface area contributed by atoms with Crippen LogP contribution in [-0.4, -0.2) is 57.5 Å². The monoisotopic (exact) mass is 997 g/mol. The molecule has 1 aliphatic rings. The molecule has 0 radical (unpaired) electrons. The Bertz CT molecular complexity index is 2620. The van der Waals surface area contributed by atoms with E-state index in [1.165, 1.54) is 0 Å². The molecule has 10 nitrogen and oxygen atoms in total. The molecule has 0 aromatic heterocycles. The first-order valence-electron chi connectivity index (χ1n) is 26.0. The van der Waals surface area contributed by atoms with E-state index in [9.17, 15) is 14.4 Å². The molecule has 392 valence electrons. The van der Waals surface area contributed by atoms with Crippen LogP contribution < -0.4 is 18.9 Å². The van der Waals surface area contributed by atoms with Crippen LogP contribution in [0.15, 0.2) is 78.9 Å². The van der Waals surface area contributed by atoms with Crippen LogP contribution in [0.2, 0.25) is 0 Å². The molecule has 0 atom stereocenters. The van der Waals surface area contributed by atoms with E-state index in [2.05, 4.69) is 144 Å². The topological polar surface area (TPSA) is 116 Å². The fourth-order valence-corrected chi connectivity index (χ4v) is 9.09. The Labute approximate surface area is 435 Å². The zero-order valence-corrected chi connectivity index (χ0v) is 46.4. The Morgan fingerprint density at radius 1 is 0.370 bits per heavy atom. The van der Waals surface area contributed by atoms with Crippen molar-refractivity contribution in [2.75, 3.05) is 39.6 Å². The molecule has 0 spiro atoms. The van der Waals surface area contributed by atoms with E-state index < -0.39 is 17.9 Å². The summed E-state index contributed by atoms with van der Waals surface area (Å²) in [4.78, 5) is 39.8. The number of hydrogen-bond donors (Lipinski definition) is 0. The van der Waals surface area contributed by atoms with E-state index in [4.69, 9.17) is 33.2 Å². The van der Waals surface area contributed by atoms with Crippen molar-refractivity contribution in [3.05, 3.63) is 151 Å². The molecule has 10 heteroatoms. The van der Waals surface area contributed by atoms with E-state index in [0.29, 0.717) is 49.5 Å². The van der Waals surface area contributed by atoms with Crippen LogP contribution in [-0.2, 0) is 82.5 Å². The zero-order chi connectivity index (χ0) is 53.5. The summed E-state index contributed by atoms with van der Waals surface area (Å²) in [5, 5.41) is 0. The normalized spacial score (nSPS) is 12.9. The van der Waals surface area contributed by atoms with Crippen molar-refractivity contribution in [2.24, 2.45) is 0 Å². The molecule has 5 aromatic carbocycles. The molecule has 0 N–H and O–H groups in total. The van der Waals surface area contributed by atoms with Crippen molar-refractivity contribution in [1.29, 1.82) is 0 Å². The van der Waals surface area contributed by atoms with Gasteiger partial charge >= 0.3 is 17.9 Å². The van der Waals surface area contributed by atoms with Gasteiger partial charge in [0.05, 0.1) is 19.8 Å². The van der Waals surface area contributed by atoms with Crippen molar-refractivity contribution in [2.45, 2.75) is 158 Å². The number of hydrogen-bond acceptors (Lipinski definition) is 10. The highest BCUT2D eigenvalue weighted by molar-refractivity contribution is 5.73. The maximum atomic E-state index is 13.3. The van der Waals surface area contributed by atoms with Crippen LogP contribution in [0.5, 0.6) is 23.0 Å². The molecule has 0 fully saturated rings. The van der Waals surface area contributed by atoms with Crippen LogP contribution in [0, 0.1) is 0 Å². The quantitative estimate of drug-likeness (QED) is 0.0727. The predicted octanol–water partition coefficient (Wildman–Crippen LogP) is 13.0. The van der Waals surface area contributed by atoms with E-state index in [0.717, 1.165) is 78.1 Å². The zero-order valence-electron chi connectivity index (χ0n) is 46.4. The molecule has 0 heterocycles. The van der Waals surface area contributed by atoms with Gasteiger partial charge in [-0.1, -0.05) is 162 Å². The molecular weight excluding hydrogens is 917 g/mol. The van der Waals surface area contributed by atoms with Gasteiger partial charge in [-0.25, -0.2) is 14.4 Å². The number of ether oxygens (including phenoxy) is 7. The Hall–Kier alpha value is -6.29. The van der Waals surface area contributed by atoms with Crippen LogP contribution >= 0.6 is 0 Å². The van der Waals surface area contributed by atoms with Crippen LogP contribution in [0.1, 0.15) is 176 Å². The third-order valence-corrected chi connectivity index (χ3v) is 13.1. The Kier molecular flexibility index (Phi) is 17.9. The lowest BCUT2D eigenvalue weighted by Crippen LogP contribution is -2.20. The summed E-state index contributed by atoms with van der Waals surface area (Å²) in [6.45, 7) is 31.7. The van der Waals surface area contributed by atoms with Crippen molar-refractivity contribution >= 4 is 17.9 Å². The minimum Gasteiger partial charge on any atom is -0.488 e. The number of esters is 3. The highest BCUT2D eigenvalue weighted by Crippen LogP contribution is 2.44. The van der Waals surface area contributed by atoms with Gasteiger partial charge in [0, 0.05) is 25.7 Å². The van der Waals surface area contributed by atoms with Crippen molar-refractivity contribution < 1.29 is 47.5 Å². The summed E-state index contributed by atoms with van der Waals surface area (Å²) < 4.78 is 43.7. The van der Waals surface area contributed by atoms with E-state index in [1.807, 2.05) is 18.2 Å². The number of fused-ring (bicyclic) bond motifs is 8. The fourth-order valence-electron chi connectivity index (χ4n) is 9.09. The maximum absolute atomic E-state index is 13.3. The highest BCUT2D eigenvalue weighted by atomic mass is 16.6. The summed E-state index contributed by atoms with van der Waals surface area (Å²) in [5.41, 5.74) is 11.1. The van der Waals surface area contributed by atoms with Gasteiger partial charge in [-0.05, 0) is 115 Å². The lowest BCUT2D eigenvalue weighted by atomic mass is 9.79. The van der Waals surface area contributed by atoms with Crippen LogP contribution in [0.4, 0.5) is 0 Å². The lowest BCUT2D eigenvalue weighted by molar-refractivity contribution is -0.146. The average molecular weight is 997 g/mol. The second-order valence-corrected chi connectivity index (χ2v) is 23.3. The highest BCUT2D eigenvalue weighted by Gasteiger charge is 2.30. The summed E-state index contributed by atoms with van der Waals surface area (Å²) in [7, 11) is 0. The standard InChI is InChI=1S/C63H80O10/c1-16-67-53(64)37-71-57-43-24-41-28-49(60(4,5)6)29-42(56(41)70-36-40-22-20-19-21-23-40)25-44-31-51(62(10,11)12)33-46(58(44)72-38-54(65)68-17-2)27-48-35-52(63(13,14)15)34-47(59(48)73-39-55(66)69-18-3)26-45(57)32-50(30-43)61(7,8)9/h19-23,28-35H,16-18,24-27,36-39H2,1-15H3. The molecule has 1 aliphatic carbocycles. The Morgan fingerprint density at radius 3 is 0.822 bits per heavy atom.